The molecule has 0 unspecified atom stereocenters. The SMILES string of the molecule is CCc1ccc2nc(Nc3cc(Cc4ccccc4)nc(Nc4ccc(OCC(=O)OC)cc4)n3)sc2c1. The number of thiazole rings is 1. The van der Waals surface area contributed by atoms with Gasteiger partial charge in [0.05, 0.1) is 23.0 Å². The highest BCUT2D eigenvalue weighted by atomic mass is 32.1. The molecular weight excluding hydrogens is 498 g/mol. The Kier molecular flexibility index (Phi) is 7.75. The maximum Gasteiger partial charge on any atom is 0.343 e. The molecule has 0 amide bonds. The number of nitrogens with one attached hydrogen (secondary N) is 2. The molecule has 2 N–H and O–H groups in total. The normalized spacial score (nSPS) is 10.8. The number of methoxy groups -OCH3 is 1. The van der Waals surface area contributed by atoms with Gasteiger partial charge in [-0.05, 0) is 53.9 Å². The number of nitrogens with zero attached hydrogens (tertiary/aromatic N) is 3. The Balaban J connectivity index is 1.39. The molecule has 8 nitrogen and oxygen atoms in total. The third-order valence-electron chi connectivity index (χ3n) is 5.80. The van der Waals surface area contributed by atoms with Crippen LogP contribution in [0.25, 0.3) is 10.2 Å². The van der Waals surface area contributed by atoms with Gasteiger partial charge in [-0.2, -0.15) is 4.98 Å². The van der Waals surface area contributed by atoms with Gasteiger partial charge in [0, 0.05) is 18.2 Å². The molecule has 0 aliphatic heterocycles. The van der Waals surface area contributed by atoms with Crippen molar-refractivity contribution in [2.45, 2.75) is 19.8 Å². The Morgan fingerprint density at radius 3 is 2.47 bits per heavy atom. The van der Waals surface area contributed by atoms with Crippen molar-refractivity contribution in [2.75, 3.05) is 24.4 Å². The molecule has 0 atom stereocenters. The lowest BCUT2D eigenvalue weighted by atomic mass is 10.1. The van der Waals surface area contributed by atoms with Gasteiger partial charge >= 0.3 is 5.97 Å². The van der Waals surface area contributed by atoms with E-state index in [-0.39, 0.29) is 6.61 Å². The Hall–Kier alpha value is -4.50. The van der Waals surface area contributed by atoms with Crippen LogP contribution in [0.5, 0.6) is 5.75 Å². The smallest absolute Gasteiger partial charge is 0.343 e. The van der Waals surface area contributed by atoms with Gasteiger partial charge in [-0.15, -0.1) is 0 Å². The van der Waals surface area contributed by atoms with Crippen LogP contribution in [-0.4, -0.2) is 34.6 Å². The summed E-state index contributed by atoms with van der Waals surface area (Å²) in [6, 6.07) is 25.7. The number of aromatic nitrogens is 3. The van der Waals surface area contributed by atoms with E-state index in [4.69, 9.17) is 19.7 Å². The molecule has 0 fully saturated rings. The lowest BCUT2D eigenvalue weighted by Crippen LogP contribution is -2.12. The number of anilines is 4. The minimum Gasteiger partial charge on any atom is -0.482 e. The van der Waals surface area contributed by atoms with E-state index in [1.807, 2.05) is 36.4 Å². The fourth-order valence-corrected chi connectivity index (χ4v) is 4.77. The largest absolute Gasteiger partial charge is 0.482 e. The minimum absolute atomic E-state index is 0.144. The lowest BCUT2D eigenvalue weighted by Gasteiger charge is -2.11. The second kappa shape index (κ2) is 11.7. The van der Waals surface area contributed by atoms with Crippen LogP contribution in [-0.2, 0) is 22.4 Å². The first-order valence-electron chi connectivity index (χ1n) is 12.2. The highest BCUT2D eigenvalue weighted by Crippen LogP contribution is 2.30. The zero-order chi connectivity index (χ0) is 26.3. The van der Waals surface area contributed by atoms with Gasteiger partial charge in [-0.1, -0.05) is 54.7 Å². The molecule has 0 saturated heterocycles. The number of carbonyl (C=O) groups is 1. The van der Waals surface area contributed by atoms with Crippen molar-refractivity contribution in [2.24, 2.45) is 0 Å². The molecule has 2 heterocycles. The number of hydrogen-bond acceptors (Lipinski definition) is 9. The predicted octanol–water partition coefficient (Wildman–Crippen LogP) is 6.28. The average molecular weight is 526 g/mol. The number of carbonyl (C=O) groups excluding carboxylic acids is 1. The second-order valence-corrected chi connectivity index (χ2v) is 9.57. The van der Waals surface area contributed by atoms with E-state index >= 15 is 0 Å². The van der Waals surface area contributed by atoms with E-state index in [9.17, 15) is 4.79 Å². The van der Waals surface area contributed by atoms with Crippen molar-refractivity contribution in [3.63, 3.8) is 0 Å². The molecule has 0 aliphatic carbocycles. The predicted molar refractivity (Wildman–Crippen MR) is 151 cm³/mol. The van der Waals surface area contributed by atoms with E-state index in [1.54, 1.807) is 23.5 Å². The summed E-state index contributed by atoms with van der Waals surface area (Å²) in [5.41, 5.74) is 5.05. The van der Waals surface area contributed by atoms with E-state index < -0.39 is 5.97 Å². The molecule has 0 spiro atoms. The molecule has 0 aliphatic rings. The zero-order valence-electron chi connectivity index (χ0n) is 21.1. The monoisotopic (exact) mass is 525 g/mol. The summed E-state index contributed by atoms with van der Waals surface area (Å²) in [7, 11) is 1.33. The Morgan fingerprint density at radius 1 is 0.895 bits per heavy atom. The number of fused-ring (bicyclic) bond motifs is 1. The summed E-state index contributed by atoms with van der Waals surface area (Å²) in [4.78, 5) is 25.5. The molecule has 2 aromatic heterocycles. The number of benzene rings is 3. The number of rotatable bonds is 10. The maximum atomic E-state index is 11.3. The average Bonchev–Trinajstić information content (AvgIpc) is 3.34. The van der Waals surface area contributed by atoms with Crippen molar-refractivity contribution in [3.8, 4) is 5.75 Å². The van der Waals surface area contributed by atoms with E-state index in [2.05, 4.69) is 52.6 Å². The molecule has 3 aromatic carbocycles. The first-order chi connectivity index (χ1) is 18.6. The standard InChI is InChI=1S/C29H27N5O3S/c1-3-19-9-14-24-25(16-19)38-29(32-24)34-26-17-22(15-20-7-5-4-6-8-20)31-28(33-26)30-21-10-12-23(13-11-21)37-18-27(35)36-2/h4-14,16-17H,3,15,18H2,1-2H3,(H2,30,31,32,33,34). The van der Waals surface area contributed by atoms with Gasteiger partial charge in [-0.25, -0.2) is 14.8 Å². The molecule has 9 heteroatoms. The van der Waals surface area contributed by atoms with Crippen LogP contribution in [0.2, 0.25) is 0 Å². The van der Waals surface area contributed by atoms with Crippen LogP contribution < -0.4 is 15.4 Å². The maximum absolute atomic E-state index is 11.3. The minimum atomic E-state index is -0.435. The number of hydrogen-bond donors (Lipinski definition) is 2. The summed E-state index contributed by atoms with van der Waals surface area (Å²) in [6.07, 6.45) is 1.64. The first kappa shape index (κ1) is 25.2. The number of aryl methyl sites for hydroxylation is 1. The summed E-state index contributed by atoms with van der Waals surface area (Å²) in [5, 5.41) is 7.43. The van der Waals surface area contributed by atoms with Gasteiger partial charge in [0.15, 0.2) is 11.7 Å². The fraction of sp³-hybridized carbons (Fsp3) is 0.172. The lowest BCUT2D eigenvalue weighted by molar-refractivity contribution is -0.142. The van der Waals surface area contributed by atoms with Crippen molar-refractivity contribution in [3.05, 3.63) is 95.7 Å². The molecule has 0 saturated carbocycles. The Bertz CT molecular complexity index is 1540. The number of ether oxygens (including phenoxy) is 2. The Labute approximate surface area is 224 Å². The molecule has 0 radical (unpaired) electrons. The highest BCUT2D eigenvalue weighted by Gasteiger charge is 2.11. The van der Waals surface area contributed by atoms with Crippen molar-refractivity contribution in [1.82, 2.24) is 15.0 Å². The third-order valence-corrected chi connectivity index (χ3v) is 6.73. The zero-order valence-corrected chi connectivity index (χ0v) is 21.9. The summed E-state index contributed by atoms with van der Waals surface area (Å²) in [5.74, 6) is 1.23. The fourth-order valence-electron chi connectivity index (χ4n) is 3.83. The number of esters is 1. The second-order valence-electron chi connectivity index (χ2n) is 8.54. The van der Waals surface area contributed by atoms with E-state index in [1.165, 1.54) is 12.7 Å². The van der Waals surface area contributed by atoms with Crippen LogP contribution >= 0.6 is 11.3 Å². The van der Waals surface area contributed by atoms with Crippen LogP contribution in [0.1, 0.15) is 23.7 Å². The quantitative estimate of drug-likeness (QED) is 0.206. The van der Waals surface area contributed by atoms with Crippen LogP contribution in [0.4, 0.5) is 22.6 Å². The van der Waals surface area contributed by atoms with Gasteiger partial charge in [0.1, 0.15) is 11.6 Å². The van der Waals surface area contributed by atoms with Crippen molar-refractivity contribution >= 4 is 50.1 Å². The first-order valence-corrected chi connectivity index (χ1v) is 13.0. The van der Waals surface area contributed by atoms with Gasteiger partial charge < -0.3 is 20.1 Å². The van der Waals surface area contributed by atoms with Gasteiger partial charge in [0.25, 0.3) is 0 Å². The van der Waals surface area contributed by atoms with E-state index in [0.717, 1.165) is 38.7 Å². The molecule has 38 heavy (non-hydrogen) atoms. The van der Waals surface area contributed by atoms with E-state index in [0.29, 0.717) is 23.9 Å². The highest BCUT2D eigenvalue weighted by molar-refractivity contribution is 7.22. The molecule has 0 bridgehead atoms. The molecule has 5 rings (SSSR count). The third kappa shape index (κ3) is 6.43. The molecule has 192 valence electrons. The van der Waals surface area contributed by atoms with Crippen LogP contribution in [0.15, 0.2) is 78.9 Å². The summed E-state index contributed by atoms with van der Waals surface area (Å²) in [6.45, 7) is 2.00. The molecular formula is C29H27N5O3S. The molecule has 5 aromatic rings. The topological polar surface area (TPSA) is 98.3 Å². The van der Waals surface area contributed by atoms with Crippen LogP contribution in [0, 0.1) is 0 Å². The van der Waals surface area contributed by atoms with Crippen molar-refractivity contribution < 1.29 is 14.3 Å². The van der Waals surface area contributed by atoms with Gasteiger partial charge in [-0.3, -0.25) is 0 Å². The summed E-state index contributed by atoms with van der Waals surface area (Å²) >= 11 is 1.60. The summed E-state index contributed by atoms with van der Waals surface area (Å²) < 4.78 is 11.2. The van der Waals surface area contributed by atoms with Crippen molar-refractivity contribution in [1.29, 1.82) is 0 Å². The Morgan fingerprint density at radius 2 is 1.71 bits per heavy atom. The van der Waals surface area contributed by atoms with Gasteiger partial charge in [0.2, 0.25) is 5.95 Å². The van der Waals surface area contributed by atoms with Crippen LogP contribution in [0.3, 0.4) is 0 Å².